The molecule has 0 saturated heterocycles. The molecule has 0 aliphatic heterocycles. The van der Waals surface area contributed by atoms with Gasteiger partial charge in [-0.25, -0.2) is 0 Å². The van der Waals surface area contributed by atoms with Gasteiger partial charge in [-0.2, -0.15) is 0 Å². The summed E-state index contributed by atoms with van der Waals surface area (Å²) in [7, 11) is 0. The molecule has 0 spiro atoms. The van der Waals surface area contributed by atoms with Crippen molar-refractivity contribution in [3.8, 4) is 0 Å². The number of amides is 1. The Hall–Kier alpha value is -0.330. The Morgan fingerprint density at radius 3 is 2.61 bits per heavy atom. The lowest BCUT2D eigenvalue weighted by Crippen LogP contribution is -2.48. The van der Waals surface area contributed by atoms with E-state index in [1.54, 1.807) is 12.1 Å². The molecule has 1 unspecified atom stereocenters. The van der Waals surface area contributed by atoms with Crippen molar-refractivity contribution in [1.29, 1.82) is 0 Å². The second kappa shape index (κ2) is 6.21. The van der Waals surface area contributed by atoms with Crippen molar-refractivity contribution in [2.75, 3.05) is 6.54 Å². The minimum absolute atomic E-state index is 0.0696. The number of carbonyl (C=O) groups excluding carboxylic acids is 1. The van der Waals surface area contributed by atoms with Crippen molar-refractivity contribution in [2.45, 2.75) is 26.8 Å². The molecule has 1 amide bonds. The molecule has 0 aliphatic carbocycles. The zero-order valence-corrected chi connectivity index (χ0v) is 13.7. The maximum absolute atomic E-state index is 12.2. The number of nitrogens with one attached hydrogen (secondary N) is 1. The molecule has 18 heavy (non-hydrogen) atoms. The Kier molecular flexibility index (Phi) is 5.43. The first kappa shape index (κ1) is 15.7. The van der Waals surface area contributed by atoms with Gasteiger partial charge in [0.25, 0.3) is 5.91 Å². The zero-order valence-electron chi connectivity index (χ0n) is 10.8. The Balaban J connectivity index is 2.91. The summed E-state index contributed by atoms with van der Waals surface area (Å²) in [5, 5.41) is 3.52. The monoisotopic (exact) mass is 380 g/mol. The molecule has 1 aromatic carbocycles. The van der Waals surface area contributed by atoms with Crippen LogP contribution in [0.15, 0.2) is 18.2 Å². The van der Waals surface area contributed by atoms with Gasteiger partial charge in [-0.3, -0.25) is 4.79 Å². The minimum Gasteiger partial charge on any atom is -0.347 e. The van der Waals surface area contributed by atoms with E-state index in [1.807, 2.05) is 26.8 Å². The van der Waals surface area contributed by atoms with E-state index in [2.05, 4.69) is 27.9 Å². The molecule has 0 saturated carbocycles. The largest absolute Gasteiger partial charge is 0.347 e. The number of hydrogen-bond donors (Lipinski definition) is 2. The summed E-state index contributed by atoms with van der Waals surface area (Å²) in [5.74, 6) is -0.132. The highest BCUT2D eigenvalue weighted by Gasteiger charge is 2.25. The highest BCUT2D eigenvalue weighted by atomic mass is 127. The van der Waals surface area contributed by atoms with E-state index in [-0.39, 0.29) is 17.4 Å². The zero-order chi connectivity index (χ0) is 13.9. The highest BCUT2D eigenvalue weighted by Crippen LogP contribution is 2.21. The highest BCUT2D eigenvalue weighted by molar-refractivity contribution is 14.1. The van der Waals surface area contributed by atoms with Crippen molar-refractivity contribution >= 4 is 40.1 Å². The molecule has 0 aromatic heterocycles. The number of benzene rings is 1. The van der Waals surface area contributed by atoms with Gasteiger partial charge in [0.1, 0.15) is 0 Å². The van der Waals surface area contributed by atoms with Gasteiger partial charge in [0.15, 0.2) is 0 Å². The Morgan fingerprint density at radius 1 is 1.50 bits per heavy atom. The first-order chi connectivity index (χ1) is 8.25. The first-order valence-electron chi connectivity index (χ1n) is 5.71. The number of carbonyl (C=O) groups is 1. The van der Waals surface area contributed by atoms with Crippen LogP contribution in [0.4, 0.5) is 0 Å². The summed E-state index contributed by atoms with van der Waals surface area (Å²) >= 11 is 8.03. The third-order valence-electron chi connectivity index (χ3n) is 2.76. The summed E-state index contributed by atoms with van der Waals surface area (Å²) in [6.07, 6.45) is 0. The van der Waals surface area contributed by atoms with E-state index in [1.165, 1.54) is 0 Å². The van der Waals surface area contributed by atoms with Gasteiger partial charge in [-0.15, -0.1) is 0 Å². The van der Waals surface area contributed by atoms with Gasteiger partial charge in [0, 0.05) is 21.2 Å². The van der Waals surface area contributed by atoms with Crippen molar-refractivity contribution in [1.82, 2.24) is 5.32 Å². The Labute approximate surface area is 127 Å². The maximum Gasteiger partial charge on any atom is 0.252 e. The molecule has 1 rings (SSSR count). The van der Waals surface area contributed by atoms with Crippen molar-refractivity contribution in [3.63, 3.8) is 0 Å². The fourth-order valence-electron chi connectivity index (χ4n) is 1.54. The lowest BCUT2D eigenvalue weighted by atomic mass is 9.86. The summed E-state index contributed by atoms with van der Waals surface area (Å²) < 4.78 is 0.874. The lowest BCUT2D eigenvalue weighted by Gasteiger charge is -2.30. The summed E-state index contributed by atoms with van der Waals surface area (Å²) in [5.41, 5.74) is 6.22. The molecule has 0 heterocycles. The van der Waals surface area contributed by atoms with E-state index in [0.29, 0.717) is 17.1 Å². The molecular formula is C13H18ClIN2O. The van der Waals surface area contributed by atoms with Gasteiger partial charge in [0.05, 0.1) is 5.56 Å². The third-order valence-corrected chi connectivity index (χ3v) is 3.94. The van der Waals surface area contributed by atoms with Crippen LogP contribution in [0.5, 0.6) is 0 Å². The predicted octanol–water partition coefficient (Wildman–Crippen LogP) is 3.05. The van der Waals surface area contributed by atoms with Crippen LogP contribution in [0.25, 0.3) is 0 Å². The SMILES string of the molecule is CC(C)(C)C(CN)NC(=O)c1cc(Cl)ccc1I. The summed E-state index contributed by atoms with van der Waals surface area (Å²) in [4.78, 5) is 12.2. The average molecular weight is 381 g/mol. The van der Waals surface area contributed by atoms with Crippen LogP contribution in [0.1, 0.15) is 31.1 Å². The number of rotatable bonds is 3. The van der Waals surface area contributed by atoms with E-state index in [4.69, 9.17) is 17.3 Å². The maximum atomic E-state index is 12.2. The summed E-state index contributed by atoms with van der Waals surface area (Å²) in [6, 6.07) is 5.20. The normalized spacial score (nSPS) is 13.2. The Morgan fingerprint density at radius 2 is 2.11 bits per heavy atom. The molecule has 0 radical (unpaired) electrons. The molecule has 3 N–H and O–H groups in total. The van der Waals surface area contributed by atoms with Gasteiger partial charge >= 0.3 is 0 Å². The van der Waals surface area contributed by atoms with Crippen LogP contribution in [-0.2, 0) is 0 Å². The van der Waals surface area contributed by atoms with Gasteiger partial charge in [0.2, 0.25) is 0 Å². The molecule has 5 heteroatoms. The second-order valence-corrected chi connectivity index (χ2v) is 6.85. The van der Waals surface area contributed by atoms with Crippen LogP contribution in [-0.4, -0.2) is 18.5 Å². The molecule has 0 bridgehead atoms. The van der Waals surface area contributed by atoms with E-state index in [0.717, 1.165) is 3.57 Å². The topological polar surface area (TPSA) is 55.1 Å². The summed E-state index contributed by atoms with van der Waals surface area (Å²) in [6.45, 7) is 6.56. The average Bonchev–Trinajstić information content (AvgIpc) is 2.27. The van der Waals surface area contributed by atoms with Crippen LogP contribution < -0.4 is 11.1 Å². The fraction of sp³-hybridized carbons (Fsp3) is 0.462. The number of hydrogen-bond acceptors (Lipinski definition) is 2. The molecule has 1 atom stereocenters. The van der Waals surface area contributed by atoms with Gasteiger partial charge in [-0.05, 0) is 46.2 Å². The van der Waals surface area contributed by atoms with Crippen molar-refractivity contribution < 1.29 is 4.79 Å². The third kappa shape index (κ3) is 4.10. The molecule has 3 nitrogen and oxygen atoms in total. The smallest absolute Gasteiger partial charge is 0.252 e. The lowest BCUT2D eigenvalue weighted by molar-refractivity contribution is 0.0904. The van der Waals surface area contributed by atoms with Crippen LogP contribution >= 0.6 is 34.2 Å². The van der Waals surface area contributed by atoms with Crippen LogP contribution in [0, 0.1) is 8.99 Å². The van der Waals surface area contributed by atoms with Crippen molar-refractivity contribution in [2.24, 2.45) is 11.1 Å². The standard InChI is InChI=1S/C13H18ClIN2O/c1-13(2,3)11(7-16)17-12(18)9-6-8(14)4-5-10(9)15/h4-6,11H,7,16H2,1-3H3,(H,17,18). The van der Waals surface area contributed by atoms with E-state index in [9.17, 15) is 4.79 Å². The van der Waals surface area contributed by atoms with Crippen LogP contribution in [0.2, 0.25) is 5.02 Å². The van der Waals surface area contributed by atoms with Gasteiger partial charge in [-0.1, -0.05) is 32.4 Å². The van der Waals surface area contributed by atoms with Gasteiger partial charge < -0.3 is 11.1 Å². The molecule has 0 aliphatic rings. The molecule has 0 fully saturated rings. The number of halogens is 2. The number of nitrogens with two attached hydrogens (primary N) is 1. The first-order valence-corrected chi connectivity index (χ1v) is 7.17. The van der Waals surface area contributed by atoms with Crippen molar-refractivity contribution in [3.05, 3.63) is 32.4 Å². The van der Waals surface area contributed by atoms with Crippen LogP contribution in [0.3, 0.4) is 0 Å². The predicted molar refractivity (Wildman–Crippen MR) is 83.9 cm³/mol. The Bertz CT molecular complexity index is 443. The van der Waals surface area contributed by atoms with E-state index < -0.39 is 0 Å². The quantitative estimate of drug-likeness (QED) is 0.792. The molecule has 100 valence electrons. The molecule has 1 aromatic rings. The van der Waals surface area contributed by atoms with E-state index >= 15 is 0 Å². The molecular weight excluding hydrogens is 363 g/mol. The minimum atomic E-state index is -0.132. The second-order valence-electron chi connectivity index (χ2n) is 5.25. The fourth-order valence-corrected chi connectivity index (χ4v) is 2.29.